The van der Waals surface area contributed by atoms with Gasteiger partial charge in [0.15, 0.2) is 5.78 Å². The zero-order valence-electron chi connectivity index (χ0n) is 12.6. The van der Waals surface area contributed by atoms with Gasteiger partial charge in [-0.15, -0.1) is 0 Å². The number of benzene rings is 1. The molecule has 112 valence electrons. The number of nitrogens with two attached hydrogens (primary N) is 1. The fourth-order valence-corrected chi connectivity index (χ4v) is 3.06. The lowest BCUT2D eigenvalue weighted by molar-refractivity contribution is 0.104. The average molecular weight is 292 g/mol. The number of hydrogen-bond acceptors (Lipinski definition) is 2. The molecule has 0 radical (unpaired) electrons. The summed E-state index contributed by atoms with van der Waals surface area (Å²) in [4.78, 5) is 12.3. The molecule has 1 aliphatic rings. The summed E-state index contributed by atoms with van der Waals surface area (Å²) in [6.07, 6.45) is 7.81. The van der Waals surface area contributed by atoms with Crippen LogP contribution in [-0.2, 0) is 12.8 Å². The predicted molar refractivity (Wildman–Crippen MR) is 90.4 cm³/mol. The molecule has 0 unspecified atom stereocenters. The molecule has 0 aliphatic heterocycles. The van der Waals surface area contributed by atoms with E-state index < -0.39 is 0 Å². The Balaban J connectivity index is 1.97. The average Bonchev–Trinajstić information content (AvgIpc) is 2.94. The topological polar surface area (TPSA) is 48.0 Å². The first-order valence-electron chi connectivity index (χ1n) is 7.63. The van der Waals surface area contributed by atoms with E-state index in [4.69, 9.17) is 5.73 Å². The molecule has 2 N–H and O–H groups in total. The highest BCUT2D eigenvalue weighted by molar-refractivity contribution is 6.08. The van der Waals surface area contributed by atoms with Gasteiger partial charge in [-0.1, -0.05) is 36.9 Å². The van der Waals surface area contributed by atoms with E-state index in [9.17, 15) is 4.79 Å². The minimum Gasteiger partial charge on any atom is -0.397 e. The smallest absolute Gasteiger partial charge is 0.187 e. The van der Waals surface area contributed by atoms with Crippen molar-refractivity contribution in [3.8, 4) is 0 Å². The Hall–Kier alpha value is -2.55. The third-order valence-electron chi connectivity index (χ3n) is 4.16. The molecule has 3 nitrogen and oxygen atoms in total. The van der Waals surface area contributed by atoms with Gasteiger partial charge in [0, 0.05) is 23.5 Å². The van der Waals surface area contributed by atoms with E-state index in [1.807, 2.05) is 22.8 Å². The van der Waals surface area contributed by atoms with Gasteiger partial charge in [0.25, 0.3) is 0 Å². The summed E-state index contributed by atoms with van der Waals surface area (Å²) in [5.41, 5.74) is 10.8. The van der Waals surface area contributed by atoms with Crippen molar-refractivity contribution in [2.24, 2.45) is 5.73 Å². The Morgan fingerprint density at radius 2 is 1.91 bits per heavy atom. The van der Waals surface area contributed by atoms with Crippen LogP contribution in [0.4, 0.5) is 0 Å². The Morgan fingerprint density at radius 3 is 2.64 bits per heavy atom. The van der Waals surface area contributed by atoms with Crippen molar-refractivity contribution in [2.45, 2.75) is 25.7 Å². The fraction of sp³-hybridized carbons (Fsp3) is 0.211. The highest BCUT2D eigenvalue weighted by Crippen LogP contribution is 2.27. The van der Waals surface area contributed by atoms with Crippen molar-refractivity contribution < 1.29 is 4.79 Å². The van der Waals surface area contributed by atoms with Gasteiger partial charge in [-0.2, -0.15) is 0 Å². The summed E-state index contributed by atoms with van der Waals surface area (Å²) in [6.45, 7) is 3.89. The van der Waals surface area contributed by atoms with Crippen molar-refractivity contribution in [3.63, 3.8) is 0 Å². The standard InChI is InChI=1S/C19H20N2O/c1-2-21-17-11-7-6-10-15(17)12-18(21)16(20)13-19(22)14-8-4-3-5-9-14/h2-5,8-9,12-13H,1,6-7,10-11,20H2/b16-13-. The van der Waals surface area contributed by atoms with Crippen LogP contribution in [0.2, 0.25) is 0 Å². The molecule has 0 saturated heterocycles. The molecular formula is C19H20N2O. The van der Waals surface area contributed by atoms with Crippen LogP contribution < -0.4 is 5.73 Å². The van der Waals surface area contributed by atoms with Gasteiger partial charge in [0.05, 0.1) is 11.4 Å². The number of ketones is 1. The second-order valence-electron chi connectivity index (χ2n) is 5.59. The Labute approximate surface area is 130 Å². The van der Waals surface area contributed by atoms with E-state index in [1.54, 1.807) is 18.3 Å². The SMILES string of the molecule is C=Cn1c(/C(N)=C/C(=O)c2ccccc2)cc2c1CCCC2. The first-order valence-corrected chi connectivity index (χ1v) is 7.63. The van der Waals surface area contributed by atoms with E-state index in [0.29, 0.717) is 11.3 Å². The van der Waals surface area contributed by atoms with Crippen molar-refractivity contribution in [3.05, 3.63) is 71.6 Å². The summed E-state index contributed by atoms with van der Waals surface area (Å²) in [7, 11) is 0. The Kier molecular flexibility index (Phi) is 3.96. The number of carbonyl (C=O) groups excluding carboxylic acids is 1. The van der Waals surface area contributed by atoms with Gasteiger partial charge in [0.2, 0.25) is 0 Å². The third-order valence-corrected chi connectivity index (χ3v) is 4.16. The van der Waals surface area contributed by atoms with Crippen LogP contribution in [0.15, 0.2) is 49.1 Å². The minimum absolute atomic E-state index is 0.0760. The lowest BCUT2D eigenvalue weighted by Crippen LogP contribution is -2.08. The van der Waals surface area contributed by atoms with Crippen LogP contribution in [0, 0.1) is 0 Å². The molecule has 1 aliphatic carbocycles. The predicted octanol–water partition coefficient (Wildman–Crippen LogP) is 3.65. The van der Waals surface area contributed by atoms with Gasteiger partial charge in [-0.3, -0.25) is 4.79 Å². The number of fused-ring (bicyclic) bond motifs is 1. The molecule has 0 spiro atoms. The summed E-state index contributed by atoms with van der Waals surface area (Å²) >= 11 is 0. The molecule has 0 bridgehead atoms. The normalized spacial score (nSPS) is 14.5. The second-order valence-corrected chi connectivity index (χ2v) is 5.59. The number of aromatic nitrogens is 1. The van der Waals surface area contributed by atoms with Crippen LogP contribution in [0.3, 0.4) is 0 Å². The monoisotopic (exact) mass is 292 g/mol. The van der Waals surface area contributed by atoms with Gasteiger partial charge in [-0.05, 0) is 37.3 Å². The van der Waals surface area contributed by atoms with Crippen molar-refractivity contribution >= 4 is 17.7 Å². The zero-order valence-corrected chi connectivity index (χ0v) is 12.6. The van der Waals surface area contributed by atoms with Crippen LogP contribution in [0.1, 0.15) is 40.2 Å². The molecule has 3 rings (SSSR count). The highest BCUT2D eigenvalue weighted by Gasteiger charge is 2.18. The molecule has 1 heterocycles. The molecule has 0 atom stereocenters. The first-order chi connectivity index (χ1) is 10.7. The van der Waals surface area contributed by atoms with E-state index in [1.165, 1.54) is 30.2 Å². The van der Waals surface area contributed by atoms with E-state index in [-0.39, 0.29) is 5.78 Å². The van der Waals surface area contributed by atoms with Crippen molar-refractivity contribution in [2.75, 3.05) is 0 Å². The number of hydrogen-bond donors (Lipinski definition) is 1. The van der Waals surface area contributed by atoms with E-state index in [2.05, 4.69) is 12.6 Å². The summed E-state index contributed by atoms with van der Waals surface area (Å²) < 4.78 is 2.03. The van der Waals surface area contributed by atoms with Crippen LogP contribution in [0.5, 0.6) is 0 Å². The quantitative estimate of drug-likeness (QED) is 0.690. The molecule has 1 aromatic carbocycles. The van der Waals surface area contributed by atoms with Gasteiger partial charge in [0.1, 0.15) is 0 Å². The lowest BCUT2D eigenvalue weighted by atomic mass is 9.98. The second kappa shape index (κ2) is 6.06. The van der Waals surface area contributed by atoms with E-state index in [0.717, 1.165) is 18.5 Å². The van der Waals surface area contributed by atoms with Crippen molar-refractivity contribution in [1.82, 2.24) is 4.57 Å². The summed E-state index contributed by atoms with van der Waals surface area (Å²) in [5.74, 6) is -0.0760. The molecular weight excluding hydrogens is 272 g/mol. The lowest BCUT2D eigenvalue weighted by Gasteiger charge is -2.14. The Bertz CT molecular complexity index is 738. The molecule has 22 heavy (non-hydrogen) atoms. The fourth-order valence-electron chi connectivity index (χ4n) is 3.06. The third kappa shape index (κ3) is 2.62. The maximum Gasteiger partial charge on any atom is 0.187 e. The van der Waals surface area contributed by atoms with Crippen molar-refractivity contribution in [1.29, 1.82) is 0 Å². The molecule has 1 aromatic heterocycles. The van der Waals surface area contributed by atoms with Gasteiger partial charge < -0.3 is 10.3 Å². The number of carbonyl (C=O) groups is 1. The molecule has 3 heteroatoms. The summed E-state index contributed by atoms with van der Waals surface area (Å²) in [6, 6.07) is 11.3. The number of nitrogens with zero attached hydrogens (tertiary/aromatic N) is 1. The number of aryl methyl sites for hydroxylation is 1. The van der Waals surface area contributed by atoms with Gasteiger partial charge >= 0.3 is 0 Å². The van der Waals surface area contributed by atoms with E-state index >= 15 is 0 Å². The van der Waals surface area contributed by atoms with Crippen LogP contribution >= 0.6 is 0 Å². The maximum absolute atomic E-state index is 12.3. The molecule has 0 amide bonds. The largest absolute Gasteiger partial charge is 0.397 e. The maximum atomic E-state index is 12.3. The van der Waals surface area contributed by atoms with Gasteiger partial charge in [-0.25, -0.2) is 0 Å². The molecule has 0 fully saturated rings. The van der Waals surface area contributed by atoms with Crippen LogP contribution in [-0.4, -0.2) is 10.4 Å². The first kappa shape index (κ1) is 14.4. The molecule has 0 saturated carbocycles. The molecule has 2 aromatic rings. The Morgan fingerprint density at radius 1 is 1.18 bits per heavy atom. The number of allylic oxidation sites excluding steroid dienone is 1. The minimum atomic E-state index is -0.0760. The highest BCUT2D eigenvalue weighted by atomic mass is 16.1. The van der Waals surface area contributed by atoms with Crippen LogP contribution in [0.25, 0.3) is 11.9 Å². The summed E-state index contributed by atoms with van der Waals surface area (Å²) in [5, 5.41) is 0. The zero-order chi connectivity index (χ0) is 15.5. The number of rotatable bonds is 4.